The van der Waals surface area contributed by atoms with Crippen LogP contribution in [0.1, 0.15) is 10.4 Å². The molecule has 1 aromatic carbocycles. The van der Waals surface area contributed by atoms with Gasteiger partial charge in [0.25, 0.3) is 5.91 Å². The van der Waals surface area contributed by atoms with Crippen molar-refractivity contribution in [2.24, 2.45) is 0 Å². The lowest BCUT2D eigenvalue weighted by atomic mass is 10.2. The number of aromatic nitrogens is 1. The van der Waals surface area contributed by atoms with Crippen molar-refractivity contribution in [3.05, 3.63) is 36.0 Å². The molecule has 0 bridgehead atoms. The van der Waals surface area contributed by atoms with Gasteiger partial charge in [0.05, 0.1) is 5.56 Å². The Balaban J connectivity index is 2.17. The normalized spacial score (nSPS) is 10.2. The fourth-order valence-electron chi connectivity index (χ4n) is 1.52. The van der Waals surface area contributed by atoms with Crippen molar-refractivity contribution >= 4 is 22.8 Å². The van der Waals surface area contributed by atoms with E-state index in [1.54, 1.807) is 6.20 Å². The number of likely N-dealkylation sites (N-methyl/N-ethyl adjacent to an activating group) is 1. The Morgan fingerprint density at radius 2 is 2.12 bits per heavy atom. The highest BCUT2D eigenvalue weighted by molar-refractivity contribution is 6.04. The molecular weight excluding hydrogens is 220 g/mol. The van der Waals surface area contributed by atoms with Crippen LogP contribution in [-0.2, 0) is 9.53 Å². The second kappa shape index (κ2) is 4.69. The largest absolute Gasteiger partial charge is 0.452 e. The molecule has 0 radical (unpaired) electrons. The van der Waals surface area contributed by atoms with Crippen LogP contribution in [0.4, 0.5) is 0 Å². The van der Waals surface area contributed by atoms with Gasteiger partial charge in [-0.2, -0.15) is 0 Å². The smallest absolute Gasteiger partial charge is 0.340 e. The lowest BCUT2D eigenvalue weighted by Gasteiger charge is -2.02. The summed E-state index contributed by atoms with van der Waals surface area (Å²) < 4.78 is 4.88. The minimum atomic E-state index is -0.508. The summed E-state index contributed by atoms with van der Waals surface area (Å²) >= 11 is 0. The van der Waals surface area contributed by atoms with Gasteiger partial charge in [0, 0.05) is 24.1 Å². The molecule has 0 saturated carbocycles. The fraction of sp³-hybridized carbons (Fsp3) is 0.167. The molecular formula is C12H12N2O3. The Bertz CT molecular complexity index is 560. The number of benzene rings is 1. The van der Waals surface area contributed by atoms with E-state index in [-0.39, 0.29) is 12.5 Å². The molecule has 0 unspecified atom stereocenters. The number of amides is 1. The number of carbonyl (C=O) groups is 2. The van der Waals surface area contributed by atoms with Crippen molar-refractivity contribution in [2.45, 2.75) is 0 Å². The number of hydrogen-bond donors (Lipinski definition) is 2. The average molecular weight is 232 g/mol. The summed E-state index contributed by atoms with van der Waals surface area (Å²) in [5.41, 5.74) is 1.30. The molecule has 1 aromatic heterocycles. The summed E-state index contributed by atoms with van der Waals surface area (Å²) in [5, 5.41) is 3.17. The Hall–Kier alpha value is -2.30. The molecule has 0 saturated heterocycles. The molecule has 0 atom stereocenters. The number of H-pyrrole nitrogens is 1. The molecule has 2 N–H and O–H groups in total. The van der Waals surface area contributed by atoms with E-state index in [1.165, 1.54) is 7.05 Å². The maximum atomic E-state index is 11.7. The molecule has 0 aliphatic rings. The van der Waals surface area contributed by atoms with E-state index in [9.17, 15) is 9.59 Å². The van der Waals surface area contributed by atoms with Crippen LogP contribution < -0.4 is 5.32 Å². The molecule has 88 valence electrons. The molecule has 2 aromatic rings. The first kappa shape index (κ1) is 11.2. The van der Waals surface area contributed by atoms with Crippen LogP contribution in [0.3, 0.4) is 0 Å². The Labute approximate surface area is 97.8 Å². The maximum absolute atomic E-state index is 11.7. The SMILES string of the molecule is CNC(=O)COC(=O)c1c[nH]c2ccccc12. The molecule has 1 heterocycles. The standard InChI is InChI=1S/C12H12N2O3/c1-13-11(15)7-17-12(16)9-6-14-10-5-3-2-4-8(9)10/h2-6,14H,7H2,1H3,(H,13,15). The maximum Gasteiger partial charge on any atom is 0.340 e. The predicted octanol–water partition coefficient (Wildman–Crippen LogP) is 1.07. The van der Waals surface area contributed by atoms with Gasteiger partial charge < -0.3 is 15.0 Å². The first-order chi connectivity index (χ1) is 8.22. The lowest BCUT2D eigenvalue weighted by molar-refractivity contribution is -0.123. The summed E-state index contributed by atoms with van der Waals surface area (Å²) in [5.74, 6) is -0.843. The van der Waals surface area contributed by atoms with Gasteiger partial charge in [-0.25, -0.2) is 4.79 Å². The van der Waals surface area contributed by atoms with Gasteiger partial charge in [-0.05, 0) is 6.07 Å². The molecule has 0 aliphatic heterocycles. The van der Waals surface area contributed by atoms with Crippen molar-refractivity contribution in [1.29, 1.82) is 0 Å². The highest BCUT2D eigenvalue weighted by Crippen LogP contribution is 2.18. The van der Waals surface area contributed by atoms with Gasteiger partial charge in [0.2, 0.25) is 0 Å². The van der Waals surface area contributed by atoms with Gasteiger partial charge in [-0.15, -0.1) is 0 Å². The third kappa shape index (κ3) is 2.28. The molecule has 5 nitrogen and oxygen atoms in total. The Morgan fingerprint density at radius 3 is 2.88 bits per heavy atom. The summed E-state index contributed by atoms with van der Waals surface area (Å²) in [6.45, 7) is -0.269. The molecule has 5 heteroatoms. The van der Waals surface area contributed by atoms with E-state index >= 15 is 0 Å². The summed E-state index contributed by atoms with van der Waals surface area (Å²) in [6.07, 6.45) is 1.58. The van der Waals surface area contributed by atoms with E-state index in [4.69, 9.17) is 4.74 Å². The van der Waals surface area contributed by atoms with Crippen LogP contribution in [0.5, 0.6) is 0 Å². The quantitative estimate of drug-likeness (QED) is 0.777. The zero-order chi connectivity index (χ0) is 12.3. The van der Waals surface area contributed by atoms with Crippen molar-refractivity contribution in [3.63, 3.8) is 0 Å². The zero-order valence-corrected chi connectivity index (χ0v) is 9.32. The zero-order valence-electron chi connectivity index (χ0n) is 9.32. The molecule has 2 rings (SSSR count). The minimum Gasteiger partial charge on any atom is -0.452 e. The molecule has 17 heavy (non-hydrogen) atoms. The number of para-hydroxylation sites is 1. The Kier molecular flexibility index (Phi) is 3.09. The Morgan fingerprint density at radius 1 is 1.35 bits per heavy atom. The van der Waals surface area contributed by atoms with Crippen LogP contribution in [0.2, 0.25) is 0 Å². The van der Waals surface area contributed by atoms with E-state index in [0.717, 1.165) is 10.9 Å². The highest BCUT2D eigenvalue weighted by atomic mass is 16.5. The van der Waals surface area contributed by atoms with Crippen LogP contribution in [0, 0.1) is 0 Å². The third-order valence-corrected chi connectivity index (χ3v) is 2.42. The van der Waals surface area contributed by atoms with Gasteiger partial charge in [0.15, 0.2) is 6.61 Å². The van der Waals surface area contributed by atoms with E-state index < -0.39 is 5.97 Å². The van der Waals surface area contributed by atoms with Crippen LogP contribution in [0.15, 0.2) is 30.5 Å². The van der Waals surface area contributed by atoms with Crippen LogP contribution in [-0.4, -0.2) is 30.5 Å². The minimum absolute atomic E-state index is 0.269. The van der Waals surface area contributed by atoms with Gasteiger partial charge in [-0.1, -0.05) is 18.2 Å². The first-order valence-corrected chi connectivity index (χ1v) is 5.16. The number of ether oxygens (including phenoxy) is 1. The predicted molar refractivity (Wildman–Crippen MR) is 62.6 cm³/mol. The summed E-state index contributed by atoms with van der Waals surface area (Å²) in [7, 11) is 1.49. The van der Waals surface area contributed by atoms with E-state index in [0.29, 0.717) is 5.56 Å². The van der Waals surface area contributed by atoms with Crippen molar-refractivity contribution in [1.82, 2.24) is 10.3 Å². The number of aromatic amines is 1. The van der Waals surface area contributed by atoms with Crippen LogP contribution >= 0.6 is 0 Å². The number of esters is 1. The van der Waals surface area contributed by atoms with Gasteiger partial charge in [-0.3, -0.25) is 4.79 Å². The number of hydrogen-bond acceptors (Lipinski definition) is 3. The van der Waals surface area contributed by atoms with Crippen molar-refractivity contribution < 1.29 is 14.3 Å². The molecule has 0 fully saturated rings. The lowest BCUT2D eigenvalue weighted by Crippen LogP contribution is -2.25. The van der Waals surface area contributed by atoms with E-state index in [1.807, 2.05) is 24.3 Å². The number of nitrogens with one attached hydrogen (secondary N) is 2. The molecule has 0 aliphatic carbocycles. The number of carbonyl (C=O) groups excluding carboxylic acids is 2. The number of rotatable bonds is 3. The summed E-state index contributed by atoms with van der Waals surface area (Å²) in [4.78, 5) is 25.6. The topological polar surface area (TPSA) is 71.2 Å². The first-order valence-electron chi connectivity index (χ1n) is 5.16. The van der Waals surface area contributed by atoms with Crippen molar-refractivity contribution in [2.75, 3.05) is 13.7 Å². The molecule has 1 amide bonds. The van der Waals surface area contributed by atoms with Crippen molar-refractivity contribution in [3.8, 4) is 0 Å². The fourth-order valence-corrected chi connectivity index (χ4v) is 1.52. The average Bonchev–Trinajstić information content (AvgIpc) is 2.79. The van der Waals surface area contributed by atoms with Crippen LogP contribution in [0.25, 0.3) is 10.9 Å². The third-order valence-electron chi connectivity index (χ3n) is 2.42. The summed E-state index contributed by atoms with van der Waals surface area (Å²) in [6, 6.07) is 7.40. The number of fused-ring (bicyclic) bond motifs is 1. The van der Waals surface area contributed by atoms with Gasteiger partial charge >= 0.3 is 5.97 Å². The second-order valence-corrected chi connectivity index (χ2v) is 3.50. The highest BCUT2D eigenvalue weighted by Gasteiger charge is 2.13. The van der Waals surface area contributed by atoms with E-state index in [2.05, 4.69) is 10.3 Å². The molecule has 0 spiro atoms. The monoisotopic (exact) mass is 232 g/mol. The van der Waals surface area contributed by atoms with Gasteiger partial charge in [0.1, 0.15) is 0 Å². The second-order valence-electron chi connectivity index (χ2n) is 3.50.